The van der Waals surface area contributed by atoms with Crippen LogP contribution in [0.15, 0.2) is 17.5 Å². The van der Waals surface area contributed by atoms with Crippen molar-refractivity contribution in [2.45, 2.75) is 63.6 Å². The van der Waals surface area contributed by atoms with Gasteiger partial charge in [0.2, 0.25) is 0 Å². The first-order valence-electron chi connectivity index (χ1n) is 6.77. The van der Waals surface area contributed by atoms with E-state index in [1.807, 2.05) is 11.3 Å². The molecule has 1 aliphatic carbocycles. The van der Waals surface area contributed by atoms with Crippen molar-refractivity contribution in [2.24, 2.45) is 0 Å². The predicted octanol–water partition coefficient (Wildman–Crippen LogP) is 3.48. The second kappa shape index (κ2) is 6.53. The Morgan fingerprint density at radius 2 is 2.18 bits per heavy atom. The van der Waals surface area contributed by atoms with Gasteiger partial charge < -0.3 is 10.4 Å². The molecule has 2 N–H and O–H groups in total. The minimum Gasteiger partial charge on any atom is -0.393 e. The van der Waals surface area contributed by atoms with E-state index >= 15 is 0 Å². The molecule has 1 saturated carbocycles. The summed E-state index contributed by atoms with van der Waals surface area (Å²) in [6.45, 7) is 2.24. The van der Waals surface area contributed by atoms with E-state index in [2.05, 4.69) is 29.8 Å². The maximum atomic E-state index is 9.52. The normalized spacial score (nSPS) is 26.9. The summed E-state index contributed by atoms with van der Waals surface area (Å²) in [6.07, 6.45) is 6.52. The van der Waals surface area contributed by atoms with Gasteiger partial charge in [0.1, 0.15) is 0 Å². The first-order chi connectivity index (χ1) is 8.29. The van der Waals surface area contributed by atoms with Crippen LogP contribution in [0.3, 0.4) is 0 Å². The lowest BCUT2D eigenvalue weighted by atomic mass is 9.92. The van der Waals surface area contributed by atoms with Gasteiger partial charge in [-0.3, -0.25) is 0 Å². The van der Waals surface area contributed by atoms with Crippen LogP contribution in [-0.4, -0.2) is 17.3 Å². The number of hydrogen-bond acceptors (Lipinski definition) is 3. The van der Waals surface area contributed by atoms with Crippen molar-refractivity contribution in [3.8, 4) is 0 Å². The van der Waals surface area contributed by atoms with Gasteiger partial charge in [-0.2, -0.15) is 0 Å². The average molecular weight is 253 g/mol. The Bertz CT molecular complexity index is 304. The van der Waals surface area contributed by atoms with Gasteiger partial charge in [0, 0.05) is 17.0 Å². The topological polar surface area (TPSA) is 32.3 Å². The summed E-state index contributed by atoms with van der Waals surface area (Å²) < 4.78 is 0. The zero-order valence-corrected chi connectivity index (χ0v) is 11.4. The van der Waals surface area contributed by atoms with Gasteiger partial charge in [0.05, 0.1) is 6.10 Å². The van der Waals surface area contributed by atoms with Crippen molar-refractivity contribution in [3.63, 3.8) is 0 Å². The van der Waals surface area contributed by atoms with E-state index in [0.29, 0.717) is 12.1 Å². The Morgan fingerprint density at radius 3 is 2.76 bits per heavy atom. The van der Waals surface area contributed by atoms with Crippen molar-refractivity contribution < 1.29 is 5.11 Å². The predicted molar refractivity (Wildman–Crippen MR) is 73.4 cm³/mol. The van der Waals surface area contributed by atoms with Gasteiger partial charge in [0.15, 0.2) is 0 Å². The van der Waals surface area contributed by atoms with E-state index in [9.17, 15) is 5.11 Å². The van der Waals surface area contributed by atoms with Crippen LogP contribution in [0.5, 0.6) is 0 Å². The standard InChI is InChI=1S/C14H23NOS/c1-2-4-13(14-5-3-10-17-14)15-11-6-8-12(16)9-7-11/h3,5,10-13,15-16H,2,4,6-9H2,1H3. The van der Waals surface area contributed by atoms with E-state index in [1.54, 1.807) is 0 Å². The second-order valence-corrected chi connectivity index (χ2v) is 6.01. The molecule has 96 valence electrons. The molecule has 0 radical (unpaired) electrons. The van der Waals surface area contributed by atoms with Gasteiger partial charge in [-0.25, -0.2) is 0 Å². The molecule has 1 heterocycles. The van der Waals surface area contributed by atoms with Crippen LogP contribution in [0.2, 0.25) is 0 Å². The quantitative estimate of drug-likeness (QED) is 0.842. The largest absolute Gasteiger partial charge is 0.393 e. The van der Waals surface area contributed by atoms with Crippen LogP contribution in [0.25, 0.3) is 0 Å². The second-order valence-electron chi connectivity index (χ2n) is 5.03. The van der Waals surface area contributed by atoms with Crippen molar-refractivity contribution in [1.29, 1.82) is 0 Å². The third-order valence-corrected chi connectivity index (χ3v) is 4.58. The lowest BCUT2D eigenvalue weighted by Crippen LogP contribution is -2.36. The van der Waals surface area contributed by atoms with Gasteiger partial charge in [-0.05, 0) is 43.6 Å². The van der Waals surface area contributed by atoms with Crippen LogP contribution >= 0.6 is 11.3 Å². The lowest BCUT2D eigenvalue weighted by Gasteiger charge is -2.30. The minimum absolute atomic E-state index is 0.0561. The summed E-state index contributed by atoms with van der Waals surface area (Å²) in [6, 6.07) is 5.47. The van der Waals surface area contributed by atoms with Crippen LogP contribution in [-0.2, 0) is 0 Å². The molecule has 0 spiro atoms. The molecule has 1 aromatic heterocycles. The molecular weight excluding hydrogens is 230 g/mol. The number of nitrogens with one attached hydrogen (secondary N) is 1. The molecule has 0 aromatic carbocycles. The molecule has 3 heteroatoms. The monoisotopic (exact) mass is 253 g/mol. The molecule has 0 amide bonds. The maximum Gasteiger partial charge on any atom is 0.0541 e. The molecule has 1 atom stereocenters. The van der Waals surface area contributed by atoms with Crippen LogP contribution in [0.1, 0.15) is 56.4 Å². The third-order valence-electron chi connectivity index (χ3n) is 3.60. The highest BCUT2D eigenvalue weighted by Crippen LogP contribution is 2.27. The minimum atomic E-state index is -0.0561. The number of aliphatic hydroxyl groups excluding tert-OH is 1. The van der Waals surface area contributed by atoms with E-state index in [4.69, 9.17) is 0 Å². The van der Waals surface area contributed by atoms with Crippen molar-refractivity contribution in [1.82, 2.24) is 5.32 Å². The number of aliphatic hydroxyl groups is 1. The van der Waals surface area contributed by atoms with E-state index in [1.165, 1.54) is 17.7 Å². The van der Waals surface area contributed by atoms with Crippen molar-refractivity contribution in [3.05, 3.63) is 22.4 Å². The maximum absolute atomic E-state index is 9.52. The Labute approximate surface area is 108 Å². The Morgan fingerprint density at radius 1 is 1.41 bits per heavy atom. The highest BCUT2D eigenvalue weighted by atomic mass is 32.1. The highest BCUT2D eigenvalue weighted by Gasteiger charge is 2.22. The molecular formula is C14H23NOS. The molecule has 1 aromatic rings. The van der Waals surface area contributed by atoms with Crippen LogP contribution < -0.4 is 5.32 Å². The number of rotatable bonds is 5. The third kappa shape index (κ3) is 3.80. The van der Waals surface area contributed by atoms with E-state index in [0.717, 1.165) is 25.7 Å². The molecule has 2 nitrogen and oxygen atoms in total. The van der Waals surface area contributed by atoms with Gasteiger partial charge in [0.25, 0.3) is 0 Å². The van der Waals surface area contributed by atoms with Gasteiger partial charge in [-0.1, -0.05) is 19.4 Å². The highest BCUT2D eigenvalue weighted by molar-refractivity contribution is 7.10. The molecule has 1 fully saturated rings. The average Bonchev–Trinajstić information content (AvgIpc) is 2.85. The summed E-state index contributed by atoms with van der Waals surface area (Å²) in [7, 11) is 0. The fraction of sp³-hybridized carbons (Fsp3) is 0.714. The molecule has 2 rings (SSSR count). The van der Waals surface area contributed by atoms with Crippen molar-refractivity contribution in [2.75, 3.05) is 0 Å². The van der Waals surface area contributed by atoms with Gasteiger partial charge in [-0.15, -0.1) is 11.3 Å². The zero-order valence-electron chi connectivity index (χ0n) is 10.6. The SMILES string of the molecule is CCCC(NC1CCC(O)CC1)c1cccs1. The summed E-state index contributed by atoms with van der Waals surface area (Å²) in [5, 5.41) is 15.5. The zero-order chi connectivity index (χ0) is 12.1. The Kier molecular flexibility index (Phi) is 5.01. The van der Waals surface area contributed by atoms with E-state index < -0.39 is 0 Å². The summed E-state index contributed by atoms with van der Waals surface area (Å²) >= 11 is 1.85. The molecule has 0 bridgehead atoms. The number of hydrogen-bond donors (Lipinski definition) is 2. The molecule has 0 aliphatic heterocycles. The summed E-state index contributed by atoms with van der Waals surface area (Å²) in [4.78, 5) is 1.46. The van der Waals surface area contributed by atoms with Crippen LogP contribution in [0, 0.1) is 0 Å². The Hall–Kier alpha value is -0.380. The van der Waals surface area contributed by atoms with E-state index in [-0.39, 0.29) is 6.10 Å². The molecule has 1 aliphatic rings. The summed E-state index contributed by atoms with van der Waals surface area (Å²) in [5.41, 5.74) is 0. The Balaban J connectivity index is 1.89. The molecule has 0 saturated heterocycles. The molecule has 17 heavy (non-hydrogen) atoms. The van der Waals surface area contributed by atoms with Gasteiger partial charge >= 0.3 is 0 Å². The number of thiophene rings is 1. The van der Waals surface area contributed by atoms with Crippen LogP contribution in [0.4, 0.5) is 0 Å². The first kappa shape index (κ1) is 13.1. The smallest absolute Gasteiger partial charge is 0.0541 e. The first-order valence-corrected chi connectivity index (χ1v) is 7.65. The fourth-order valence-corrected chi connectivity index (χ4v) is 3.43. The fourth-order valence-electron chi connectivity index (χ4n) is 2.61. The molecule has 1 unspecified atom stereocenters. The van der Waals surface area contributed by atoms with Crippen molar-refractivity contribution >= 4 is 11.3 Å². The lowest BCUT2D eigenvalue weighted by molar-refractivity contribution is 0.114. The summed E-state index contributed by atoms with van der Waals surface area (Å²) in [5.74, 6) is 0.